The highest BCUT2D eigenvalue weighted by atomic mass is 32.2. The van der Waals surface area contributed by atoms with Gasteiger partial charge in [0.15, 0.2) is 12.0 Å². The van der Waals surface area contributed by atoms with Gasteiger partial charge in [0.1, 0.15) is 10.9 Å². The van der Waals surface area contributed by atoms with Crippen LogP contribution in [0, 0.1) is 0 Å². The number of hydrogen-bond acceptors (Lipinski definition) is 5. The first-order valence-electron chi connectivity index (χ1n) is 10.5. The number of ether oxygens (including phenoxy) is 1. The summed E-state index contributed by atoms with van der Waals surface area (Å²) < 4.78 is 33.0. The Kier molecular flexibility index (Phi) is 6.53. The zero-order chi connectivity index (χ0) is 23.7. The van der Waals surface area contributed by atoms with Crippen molar-refractivity contribution in [2.24, 2.45) is 0 Å². The van der Waals surface area contributed by atoms with E-state index in [2.05, 4.69) is 5.32 Å². The minimum atomic E-state index is -3.95. The summed E-state index contributed by atoms with van der Waals surface area (Å²) >= 11 is 0. The predicted octanol–water partition coefficient (Wildman–Crippen LogP) is 2.39. The SMILES string of the molecule is C[SiH](C)[C@@]1(NC(=O)COc2ccccc2)C(=O)N(C(C)(C)C)C1S(=O)(=O)c1ccccc1. The van der Waals surface area contributed by atoms with Crippen molar-refractivity contribution >= 4 is 30.4 Å². The van der Waals surface area contributed by atoms with E-state index in [1.165, 1.54) is 17.0 Å². The smallest absolute Gasteiger partial charge is 0.258 e. The zero-order valence-electron chi connectivity index (χ0n) is 19.0. The molecule has 9 heteroatoms. The van der Waals surface area contributed by atoms with Gasteiger partial charge in [0.05, 0.1) is 13.7 Å². The fourth-order valence-electron chi connectivity index (χ4n) is 4.05. The van der Waals surface area contributed by atoms with E-state index in [0.29, 0.717) is 5.75 Å². The molecule has 2 aromatic rings. The molecular weight excluding hydrogens is 444 g/mol. The molecule has 0 bridgehead atoms. The van der Waals surface area contributed by atoms with E-state index in [1.807, 2.05) is 19.2 Å². The molecule has 3 rings (SSSR count). The molecule has 1 N–H and O–H groups in total. The van der Waals surface area contributed by atoms with Gasteiger partial charge in [-0.15, -0.1) is 0 Å². The van der Waals surface area contributed by atoms with E-state index in [4.69, 9.17) is 4.74 Å². The lowest BCUT2D eigenvalue weighted by Gasteiger charge is -2.61. The molecule has 2 amide bonds. The van der Waals surface area contributed by atoms with E-state index in [-0.39, 0.29) is 17.4 Å². The first kappa shape index (κ1) is 24.0. The molecule has 7 nitrogen and oxygen atoms in total. The van der Waals surface area contributed by atoms with Crippen molar-refractivity contribution in [2.45, 2.75) is 54.8 Å². The van der Waals surface area contributed by atoms with Crippen LogP contribution < -0.4 is 10.1 Å². The second-order valence-electron chi connectivity index (χ2n) is 9.23. The monoisotopic (exact) mass is 474 g/mol. The Hall–Kier alpha value is -2.65. The number of rotatable bonds is 7. The third-order valence-corrected chi connectivity index (χ3v) is 10.5. The summed E-state index contributed by atoms with van der Waals surface area (Å²) in [6.07, 6.45) is 0. The van der Waals surface area contributed by atoms with Crippen LogP contribution >= 0.6 is 0 Å². The van der Waals surface area contributed by atoms with E-state index in [9.17, 15) is 18.0 Å². The molecule has 0 radical (unpaired) electrons. The summed E-state index contributed by atoms with van der Waals surface area (Å²) in [6, 6.07) is 16.9. The normalized spacial score (nSPS) is 21.2. The number of sulfone groups is 1. The number of benzene rings is 2. The molecule has 172 valence electrons. The van der Waals surface area contributed by atoms with Crippen LogP contribution in [0.15, 0.2) is 65.6 Å². The van der Waals surface area contributed by atoms with E-state index >= 15 is 0 Å². The molecule has 1 saturated heterocycles. The lowest BCUT2D eigenvalue weighted by Crippen LogP contribution is -2.88. The van der Waals surface area contributed by atoms with Gasteiger partial charge in [0.2, 0.25) is 15.7 Å². The number of β-lactam (4-membered cyclic amide) rings is 1. The fourth-order valence-corrected chi connectivity index (χ4v) is 9.34. The van der Waals surface area contributed by atoms with Crippen LogP contribution in [0.2, 0.25) is 13.1 Å². The van der Waals surface area contributed by atoms with Gasteiger partial charge in [-0.25, -0.2) is 8.42 Å². The summed E-state index contributed by atoms with van der Waals surface area (Å²) in [5.74, 6) is -0.363. The standard InChI is InChI=1S/C23H30N2O5SSi/c1-22(2,3)25-20(27)23(32(4)5,21(25)31(28,29)18-14-10-7-11-15-18)24-19(26)16-30-17-12-8-6-9-13-17/h6-15,21,32H,16H2,1-5H3,(H,24,26)/t21?,23-/m0/s1. The largest absolute Gasteiger partial charge is 0.484 e. The molecule has 32 heavy (non-hydrogen) atoms. The molecule has 0 spiro atoms. The molecule has 1 heterocycles. The van der Waals surface area contributed by atoms with Crippen molar-refractivity contribution in [2.75, 3.05) is 6.61 Å². The highest BCUT2D eigenvalue weighted by molar-refractivity contribution is 7.92. The van der Waals surface area contributed by atoms with Crippen LogP contribution in [-0.4, -0.2) is 56.6 Å². The number of carbonyl (C=O) groups is 2. The van der Waals surface area contributed by atoms with Crippen LogP contribution in [0.25, 0.3) is 0 Å². The lowest BCUT2D eigenvalue weighted by atomic mass is 9.95. The first-order chi connectivity index (χ1) is 14.9. The van der Waals surface area contributed by atoms with Crippen molar-refractivity contribution in [1.29, 1.82) is 0 Å². The molecule has 0 aliphatic carbocycles. The van der Waals surface area contributed by atoms with Crippen LogP contribution in [0.3, 0.4) is 0 Å². The molecule has 0 aromatic heterocycles. The van der Waals surface area contributed by atoms with Crippen LogP contribution in [-0.2, 0) is 19.4 Å². The molecule has 1 fully saturated rings. The minimum absolute atomic E-state index is 0.126. The van der Waals surface area contributed by atoms with Gasteiger partial charge in [-0.3, -0.25) is 9.59 Å². The Bertz CT molecular complexity index is 1080. The van der Waals surface area contributed by atoms with Crippen molar-refractivity contribution in [3.05, 3.63) is 60.7 Å². The van der Waals surface area contributed by atoms with Gasteiger partial charge in [0, 0.05) is 5.54 Å². The molecule has 1 aliphatic rings. The highest BCUT2D eigenvalue weighted by Crippen LogP contribution is 2.44. The second-order valence-corrected chi connectivity index (χ2v) is 14.5. The maximum atomic E-state index is 13.7. The Morgan fingerprint density at radius 1 is 1.06 bits per heavy atom. The molecule has 0 saturated carbocycles. The number of nitrogens with one attached hydrogen (secondary N) is 1. The molecular formula is C23H30N2O5SSi. The Balaban J connectivity index is 1.98. The Morgan fingerprint density at radius 2 is 1.59 bits per heavy atom. The van der Waals surface area contributed by atoms with Gasteiger partial charge in [-0.1, -0.05) is 49.5 Å². The number of likely N-dealkylation sites (tertiary alicyclic amines) is 1. The maximum absolute atomic E-state index is 13.7. The topological polar surface area (TPSA) is 92.8 Å². The first-order valence-corrected chi connectivity index (χ1v) is 15.0. The van der Waals surface area contributed by atoms with Crippen LogP contribution in [0.4, 0.5) is 0 Å². The summed E-state index contributed by atoms with van der Waals surface area (Å²) in [5.41, 5.74) is -0.734. The summed E-state index contributed by atoms with van der Waals surface area (Å²) in [6.45, 7) is 8.83. The second kappa shape index (κ2) is 8.71. The van der Waals surface area contributed by atoms with E-state index in [1.54, 1.807) is 63.2 Å². The Labute approximate surface area is 191 Å². The molecule has 2 aromatic carbocycles. The van der Waals surface area contributed by atoms with E-state index in [0.717, 1.165) is 0 Å². The van der Waals surface area contributed by atoms with Crippen molar-refractivity contribution < 1.29 is 22.7 Å². The van der Waals surface area contributed by atoms with Crippen LogP contribution in [0.1, 0.15) is 20.8 Å². The molecule has 1 aliphatic heterocycles. The quantitative estimate of drug-likeness (QED) is 0.491. The maximum Gasteiger partial charge on any atom is 0.258 e. The predicted molar refractivity (Wildman–Crippen MR) is 126 cm³/mol. The molecule has 2 atom stereocenters. The third-order valence-electron chi connectivity index (χ3n) is 5.66. The third kappa shape index (κ3) is 4.19. The van der Waals surface area contributed by atoms with Gasteiger partial charge in [0.25, 0.3) is 5.91 Å². The van der Waals surface area contributed by atoms with Gasteiger partial charge < -0.3 is 15.0 Å². The fraction of sp³-hybridized carbons (Fsp3) is 0.391. The van der Waals surface area contributed by atoms with Gasteiger partial charge in [-0.05, 0) is 45.0 Å². The molecule has 1 unspecified atom stereocenters. The van der Waals surface area contributed by atoms with Gasteiger partial charge >= 0.3 is 0 Å². The average Bonchev–Trinajstić information content (AvgIpc) is 2.74. The number of hydrogen-bond donors (Lipinski definition) is 1. The Morgan fingerprint density at radius 3 is 2.09 bits per heavy atom. The minimum Gasteiger partial charge on any atom is -0.484 e. The van der Waals surface area contributed by atoms with E-state index < -0.39 is 40.6 Å². The summed E-state index contributed by atoms with van der Waals surface area (Å²) in [7, 11) is -6.02. The number of para-hydroxylation sites is 1. The summed E-state index contributed by atoms with van der Waals surface area (Å²) in [5, 5.41) is 0.162. The number of nitrogens with zero attached hydrogens (tertiary/aromatic N) is 1. The zero-order valence-corrected chi connectivity index (χ0v) is 21.0. The van der Waals surface area contributed by atoms with Crippen molar-refractivity contribution in [1.82, 2.24) is 10.2 Å². The van der Waals surface area contributed by atoms with Crippen molar-refractivity contribution in [3.63, 3.8) is 0 Å². The number of carbonyl (C=O) groups excluding carboxylic acids is 2. The van der Waals surface area contributed by atoms with Gasteiger partial charge in [-0.2, -0.15) is 0 Å². The highest BCUT2D eigenvalue weighted by Gasteiger charge is 2.70. The lowest BCUT2D eigenvalue weighted by molar-refractivity contribution is -0.161. The average molecular weight is 475 g/mol. The number of amides is 2. The van der Waals surface area contributed by atoms with Crippen molar-refractivity contribution in [3.8, 4) is 5.75 Å². The van der Waals surface area contributed by atoms with Crippen LogP contribution in [0.5, 0.6) is 5.75 Å². The summed E-state index contributed by atoms with van der Waals surface area (Å²) in [4.78, 5) is 27.9.